The minimum atomic E-state index is -0.113. The number of hydrogen-bond donors (Lipinski definition) is 0. The number of rotatable bonds is 11. The summed E-state index contributed by atoms with van der Waals surface area (Å²) in [4.78, 5) is 11.7. The third kappa shape index (κ3) is 9.67. The predicted octanol–water partition coefficient (Wildman–Crippen LogP) is 5.81. The number of carbonyl (C=O) groups excluding carboxylic acids is 1. The van der Waals surface area contributed by atoms with Gasteiger partial charge in [-0.15, -0.1) is 0 Å². The molecule has 0 spiro atoms. The van der Waals surface area contributed by atoms with E-state index < -0.39 is 0 Å². The fraction of sp³-hybridized carbons (Fsp3) is 0.611. The van der Waals surface area contributed by atoms with E-state index in [9.17, 15) is 4.79 Å². The number of halogens is 1. The molecule has 0 N–H and O–H groups in total. The summed E-state index contributed by atoms with van der Waals surface area (Å²) < 4.78 is 5.32. The zero-order chi connectivity index (χ0) is 15.3. The van der Waals surface area contributed by atoms with E-state index in [4.69, 9.17) is 4.74 Å². The van der Waals surface area contributed by atoms with Crippen LogP contribution in [0.25, 0.3) is 0 Å². The molecular formula is C18H27BrO2. The molecule has 0 radical (unpaired) electrons. The van der Waals surface area contributed by atoms with Crippen molar-refractivity contribution in [2.24, 2.45) is 0 Å². The molecule has 1 rings (SSSR count). The van der Waals surface area contributed by atoms with Gasteiger partial charge in [0.15, 0.2) is 0 Å². The van der Waals surface area contributed by atoms with E-state index in [0.717, 1.165) is 23.7 Å². The summed E-state index contributed by atoms with van der Waals surface area (Å²) in [6, 6.07) is 7.63. The van der Waals surface area contributed by atoms with Crippen molar-refractivity contribution >= 4 is 21.9 Å². The van der Waals surface area contributed by atoms with Crippen LogP contribution in [0.2, 0.25) is 0 Å². The van der Waals surface area contributed by atoms with Crippen LogP contribution in [-0.4, -0.2) is 11.3 Å². The van der Waals surface area contributed by atoms with Gasteiger partial charge in [-0.1, -0.05) is 66.6 Å². The Bertz CT molecular complexity index is 404. The van der Waals surface area contributed by atoms with Crippen LogP contribution < -0.4 is 4.74 Å². The molecule has 1 aromatic rings. The Morgan fingerprint density at radius 3 is 2.24 bits per heavy atom. The Morgan fingerprint density at radius 2 is 1.62 bits per heavy atom. The second-order valence-corrected chi connectivity index (χ2v) is 6.35. The highest BCUT2D eigenvalue weighted by Crippen LogP contribution is 2.14. The molecule has 0 unspecified atom stereocenters. The summed E-state index contributed by atoms with van der Waals surface area (Å²) in [6.45, 7) is 2.00. The molecule has 0 aliphatic heterocycles. The molecule has 0 fully saturated rings. The Kier molecular flexibility index (Phi) is 10.2. The first-order valence-electron chi connectivity index (χ1n) is 8.05. The number of esters is 1. The van der Waals surface area contributed by atoms with Gasteiger partial charge in [0.1, 0.15) is 5.75 Å². The van der Waals surface area contributed by atoms with Gasteiger partial charge in [-0.3, -0.25) is 4.79 Å². The largest absolute Gasteiger partial charge is 0.427 e. The zero-order valence-corrected chi connectivity index (χ0v) is 14.7. The van der Waals surface area contributed by atoms with Crippen molar-refractivity contribution in [2.45, 2.75) is 64.7 Å². The van der Waals surface area contributed by atoms with E-state index >= 15 is 0 Å². The summed E-state index contributed by atoms with van der Waals surface area (Å²) in [6.07, 6.45) is 10.4. The highest BCUT2D eigenvalue weighted by atomic mass is 79.9. The third-order valence-electron chi connectivity index (χ3n) is 3.49. The number of unbranched alkanes of at least 4 members (excludes halogenated alkanes) is 7. The fourth-order valence-electron chi connectivity index (χ4n) is 2.29. The first-order chi connectivity index (χ1) is 10.2. The monoisotopic (exact) mass is 354 g/mol. The maximum absolute atomic E-state index is 11.7. The highest BCUT2D eigenvalue weighted by molar-refractivity contribution is 9.09. The van der Waals surface area contributed by atoms with Gasteiger partial charge in [0, 0.05) is 11.8 Å². The summed E-state index contributed by atoms with van der Waals surface area (Å²) >= 11 is 3.45. The molecule has 118 valence electrons. The van der Waals surface area contributed by atoms with Crippen LogP contribution >= 0.6 is 15.9 Å². The SMILES string of the molecule is Cc1cccc(OC(=O)CCCCCCCCCCBr)c1. The lowest BCUT2D eigenvalue weighted by molar-refractivity contribution is -0.134. The average Bonchev–Trinajstić information content (AvgIpc) is 2.45. The minimum Gasteiger partial charge on any atom is -0.427 e. The van der Waals surface area contributed by atoms with Gasteiger partial charge in [-0.2, -0.15) is 0 Å². The van der Waals surface area contributed by atoms with Gasteiger partial charge in [0.2, 0.25) is 0 Å². The summed E-state index contributed by atoms with van der Waals surface area (Å²) in [5.41, 5.74) is 1.11. The topological polar surface area (TPSA) is 26.3 Å². The molecule has 0 heterocycles. The van der Waals surface area contributed by atoms with E-state index in [1.54, 1.807) is 0 Å². The molecule has 0 bridgehead atoms. The van der Waals surface area contributed by atoms with Crippen molar-refractivity contribution < 1.29 is 9.53 Å². The Balaban J connectivity index is 1.99. The Hall–Kier alpha value is -0.830. The van der Waals surface area contributed by atoms with Crippen molar-refractivity contribution in [1.29, 1.82) is 0 Å². The van der Waals surface area contributed by atoms with E-state index in [2.05, 4.69) is 15.9 Å². The van der Waals surface area contributed by atoms with E-state index in [0.29, 0.717) is 12.2 Å². The molecule has 1 aromatic carbocycles. The number of hydrogen-bond acceptors (Lipinski definition) is 2. The van der Waals surface area contributed by atoms with E-state index in [1.807, 2.05) is 31.2 Å². The maximum Gasteiger partial charge on any atom is 0.311 e. The number of aryl methyl sites for hydroxylation is 1. The highest BCUT2D eigenvalue weighted by Gasteiger charge is 2.04. The lowest BCUT2D eigenvalue weighted by Crippen LogP contribution is -2.07. The first kappa shape index (κ1) is 18.2. The van der Waals surface area contributed by atoms with Gasteiger partial charge in [-0.25, -0.2) is 0 Å². The molecular weight excluding hydrogens is 328 g/mol. The first-order valence-corrected chi connectivity index (χ1v) is 9.18. The third-order valence-corrected chi connectivity index (χ3v) is 4.05. The second kappa shape index (κ2) is 11.8. The van der Waals surface area contributed by atoms with Crippen molar-refractivity contribution in [3.63, 3.8) is 0 Å². The van der Waals surface area contributed by atoms with E-state index in [1.165, 1.54) is 38.5 Å². The predicted molar refractivity (Wildman–Crippen MR) is 92.2 cm³/mol. The van der Waals surface area contributed by atoms with E-state index in [-0.39, 0.29) is 5.97 Å². The number of ether oxygens (including phenoxy) is 1. The smallest absolute Gasteiger partial charge is 0.311 e. The minimum absolute atomic E-state index is 0.113. The van der Waals surface area contributed by atoms with Crippen LogP contribution in [0.15, 0.2) is 24.3 Å². The molecule has 0 aliphatic rings. The van der Waals surface area contributed by atoms with Gasteiger partial charge in [-0.05, 0) is 37.5 Å². The van der Waals surface area contributed by atoms with Gasteiger partial charge in [0.05, 0.1) is 0 Å². The average molecular weight is 355 g/mol. The molecule has 0 amide bonds. The molecule has 0 atom stereocenters. The van der Waals surface area contributed by atoms with Crippen LogP contribution in [0.1, 0.15) is 63.4 Å². The number of alkyl halides is 1. The van der Waals surface area contributed by atoms with Crippen molar-refractivity contribution in [3.8, 4) is 5.75 Å². The second-order valence-electron chi connectivity index (χ2n) is 5.56. The molecule has 2 nitrogen and oxygen atoms in total. The molecule has 0 aliphatic carbocycles. The number of benzene rings is 1. The molecule has 3 heteroatoms. The van der Waals surface area contributed by atoms with Gasteiger partial charge >= 0.3 is 5.97 Å². The van der Waals surface area contributed by atoms with Gasteiger partial charge < -0.3 is 4.74 Å². The standard InChI is InChI=1S/C18H27BrO2/c1-16-11-10-12-17(15-16)21-18(20)13-8-6-4-2-3-5-7-9-14-19/h10-12,15H,2-9,13-14H2,1H3. The lowest BCUT2D eigenvalue weighted by atomic mass is 10.1. The Morgan fingerprint density at radius 1 is 1.00 bits per heavy atom. The maximum atomic E-state index is 11.7. The van der Waals surface area contributed by atoms with Crippen LogP contribution in [0, 0.1) is 6.92 Å². The number of carbonyl (C=O) groups is 1. The van der Waals surface area contributed by atoms with Crippen LogP contribution in [0.4, 0.5) is 0 Å². The molecule has 0 saturated carbocycles. The summed E-state index contributed by atoms with van der Waals surface area (Å²) in [7, 11) is 0. The molecule has 21 heavy (non-hydrogen) atoms. The fourth-order valence-corrected chi connectivity index (χ4v) is 2.68. The van der Waals surface area contributed by atoms with Crippen LogP contribution in [-0.2, 0) is 4.79 Å². The van der Waals surface area contributed by atoms with Crippen molar-refractivity contribution in [1.82, 2.24) is 0 Å². The van der Waals surface area contributed by atoms with Crippen LogP contribution in [0.5, 0.6) is 5.75 Å². The molecule has 0 aromatic heterocycles. The molecule has 0 saturated heterocycles. The van der Waals surface area contributed by atoms with Gasteiger partial charge in [0.25, 0.3) is 0 Å². The Labute approximate surface area is 137 Å². The summed E-state index contributed by atoms with van der Waals surface area (Å²) in [5.74, 6) is 0.546. The quantitative estimate of drug-likeness (QED) is 0.217. The summed E-state index contributed by atoms with van der Waals surface area (Å²) in [5, 5.41) is 1.12. The van der Waals surface area contributed by atoms with Crippen LogP contribution in [0.3, 0.4) is 0 Å². The zero-order valence-electron chi connectivity index (χ0n) is 13.1. The lowest BCUT2D eigenvalue weighted by Gasteiger charge is -2.05. The van der Waals surface area contributed by atoms with Crippen molar-refractivity contribution in [3.05, 3.63) is 29.8 Å². The normalized spacial score (nSPS) is 10.6. The van der Waals surface area contributed by atoms with Crippen molar-refractivity contribution in [2.75, 3.05) is 5.33 Å².